The fraction of sp³-hybridized carbons (Fsp3) is 0.636. The molecule has 5 heteroatoms. The Bertz CT molecular complexity index is 633. The highest BCUT2D eigenvalue weighted by Gasteiger charge is 2.33. The summed E-state index contributed by atoms with van der Waals surface area (Å²) in [6.07, 6.45) is 5.38. The van der Waals surface area contributed by atoms with E-state index in [4.69, 9.17) is 0 Å². The van der Waals surface area contributed by atoms with Gasteiger partial charge < -0.3 is 9.80 Å². The molecule has 0 spiro atoms. The molecule has 0 saturated carbocycles. The van der Waals surface area contributed by atoms with E-state index in [0.717, 1.165) is 44.3 Å². The average molecular weight is 372 g/mol. The monoisotopic (exact) mass is 371 g/mol. The van der Waals surface area contributed by atoms with Gasteiger partial charge in [-0.15, -0.1) is 0 Å². The Kier molecular flexibility index (Phi) is 6.89. The van der Waals surface area contributed by atoms with Crippen LogP contribution in [-0.2, 0) is 11.2 Å². The molecule has 0 radical (unpaired) electrons. The first kappa shape index (κ1) is 19.9. The van der Waals surface area contributed by atoms with Crippen LogP contribution in [0.15, 0.2) is 24.3 Å². The van der Waals surface area contributed by atoms with Crippen molar-refractivity contribution in [3.63, 3.8) is 0 Å². The maximum absolute atomic E-state index is 13.0. The third-order valence-corrected chi connectivity index (χ3v) is 5.90. The van der Waals surface area contributed by atoms with Crippen LogP contribution < -0.4 is 0 Å². The minimum Gasteiger partial charge on any atom is -0.338 e. The fourth-order valence-electron chi connectivity index (χ4n) is 4.23. The topological polar surface area (TPSA) is 43.9 Å². The third kappa shape index (κ3) is 4.70. The Morgan fingerprint density at radius 1 is 0.926 bits per heavy atom. The molecule has 1 aromatic rings. The van der Waals surface area contributed by atoms with Crippen molar-refractivity contribution in [2.24, 2.45) is 0 Å². The SMILES string of the molecule is CCCN1CCCCC1C(=O)N1CCN(C(=O)c2ccc(CC)cc2)CC1. The molecule has 2 aliphatic rings. The molecule has 2 heterocycles. The summed E-state index contributed by atoms with van der Waals surface area (Å²) in [5.74, 6) is 0.345. The van der Waals surface area contributed by atoms with Gasteiger partial charge in [0.15, 0.2) is 0 Å². The number of piperidine rings is 1. The minimum absolute atomic E-state index is 0.0440. The lowest BCUT2D eigenvalue weighted by Gasteiger charge is -2.40. The van der Waals surface area contributed by atoms with Gasteiger partial charge in [-0.3, -0.25) is 14.5 Å². The second-order valence-electron chi connectivity index (χ2n) is 7.72. The summed E-state index contributed by atoms with van der Waals surface area (Å²) in [7, 11) is 0. The number of rotatable bonds is 5. The largest absolute Gasteiger partial charge is 0.338 e. The molecular formula is C22H33N3O2. The molecule has 2 fully saturated rings. The lowest BCUT2D eigenvalue weighted by molar-refractivity contribution is -0.139. The molecule has 1 aromatic carbocycles. The fourth-order valence-corrected chi connectivity index (χ4v) is 4.23. The number of likely N-dealkylation sites (tertiary alicyclic amines) is 1. The van der Waals surface area contributed by atoms with Crippen molar-refractivity contribution < 1.29 is 9.59 Å². The van der Waals surface area contributed by atoms with Crippen molar-refractivity contribution in [1.29, 1.82) is 0 Å². The van der Waals surface area contributed by atoms with Gasteiger partial charge >= 0.3 is 0 Å². The Morgan fingerprint density at radius 3 is 2.22 bits per heavy atom. The van der Waals surface area contributed by atoms with Crippen LogP contribution in [0.3, 0.4) is 0 Å². The van der Waals surface area contributed by atoms with Crippen molar-refractivity contribution in [1.82, 2.24) is 14.7 Å². The van der Waals surface area contributed by atoms with Crippen LogP contribution in [0, 0.1) is 0 Å². The summed E-state index contributed by atoms with van der Waals surface area (Å²) in [6, 6.07) is 7.94. The van der Waals surface area contributed by atoms with E-state index in [0.29, 0.717) is 26.2 Å². The maximum Gasteiger partial charge on any atom is 0.253 e. The van der Waals surface area contributed by atoms with E-state index >= 15 is 0 Å². The zero-order valence-corrected chi connectivity index (χ0v) is 16.8. The Balaban J connectivity index is 1.55. The predicted octanol–water partition coefficient (Wildman–Crippen LogP) is 2.80. The Hall–Kier alpha value is -1.88. The molecule has 0 aromatic heterocycles. The first-order chi connectivity index (χ1) is 13.1. The van der Waals surface area contributed by atoms with E-state index in [1.165, 1.54) is 12.0 Å². The molecule has 0 N–H and O–H groups in total. The third-order valence-electron chi connectivity index (χ3n) is 5.90. The second kappa shape index (κ2) is 9.36. The average Bonchev–Trinajstić information content (AvgIpc) is 2.73. The van der Waals surface area contributed by atoms with Crippen molar-refractivity contribution >= 4 is 11.8 Å². The van der Waals surface area contributed by atoms with E-state index in [1.54, 1.807) is 0 Å². The summed E-state index contributed by atoms with van der Waals surface area (Å²) < 4.78 is 0. The van der Waals surface area contributed by atoms with Gasteiger partial charge in [-0.1, -0.05) is 32.4 Å². The van der Waals surface area contributed by atoms with Gasteiger partial charge in [0.05, 0.1) is 6.04 Å². The molecule has 0 bridgehead atoms. The van der Waals surface area contributed by atoms with Gasteiger partial charge in [-0.05, 0) is 56.5 Å². The maximum atomic E-state index is 13.0. The predicted molar refractivity (Wildman–Crippen MR) is 108 cm³/mol. The zero-order valence-electron chi connectivity index (χ0n) is 16.8. The Morgan fingerprint density at radius 2 is 1.59 bits per heavy atom. The number of carbonyl (C=O) groups is 2. The van der Waals surface area contributed by atoms with Gasteiger partial charge in [0.2, 0.25) is 5.91 Å². The minimum atomic E-state index is 0.0440. The molecule has 0 aliphatic carbocycles. The van der Waals surface area contributed by atoms with Gasteiger partial charge in [-0.2, -0.15) is 0 Å². The van der Waals surface area contributed by atoms with E-state index < -0.39 is 0 Å². The van der Waals surface area contributed by atoms with E-state index in [2.05, 4.69) is 18.7 Å². The highest BCUT2D eigenvalue weighted by atomic mass is 16.2. The molecular weight excluding hydrogens is 338 g/mol. The second-order valence-corrected chi connectivity index (χ2v) is 7.72. The molecule has 148 valence electrons. The van der Waals surface area contributed by atoms with Crippen LogP contribution in [0.1, 0.15) is 55.5 Å². The van der Waals surface area contributed by atoms with Gasteiger partial charge in [-0.25, -0.2) is 0 Å². The lowest BCUT2D eigenvalue weighted by atomic mass is 10.00. The molecule has 2 amide bonds. The van der Waals surface area contributed by atoms with Crippen molar-refractivity contribution in [3.05, 3.63) is 35.4 Å². The number of amides is 2. The summed E-state index contributed by atoms with van der Waals surface area (Å²) in [6.45, 7) is 8.87. The summed E-state index contributed by atoms with van der Waals surface area (Å²) >= 11 is 0. The number of benzene rings is 1. The first-order valence-corrected chi connectivity index (χ1v) is 10.5. The Labute approximate surface area is 163 Å². The van der Waals surface area contributed by atoms with Crippen LogP contribution in [0.25, 0.3) is 0 Å². The summed E-state index contributed by atoms with van der Waals surface area (Å²) in [4.78, 5) is 32.0. The lowest BCUT2D eigenvalue weighted by Crippen LogP contribution is -2.56. The molecule has 1 unspecified atom stereocenters. The van der Waals surface area contributed by atoms with Crippen molar-refractivity contribution in [2.75, 3.05) is 39.3 Å². The molecule has 1 atom stereocenters. The van der Waals surface area contributed by atoms with Crippen LogP contribution in [0.4, 0.5) is 0 Å². The van der Waals surface area contributed by atoms with E-state index in [1.807, 2.05) is 34.1 Å². The molecule has 5 nitrogen and oxygen atoms in total. The molecule has 27 heavy (non-hydrogen) atoms. The summed E-state index contributed by atoms with van der Waals surface area (Å²) in [5, 5.41) is 0. The number of carbonyl (C=O) groups excluding carboxylic acids is 2. The van der Waals surface area contributed by atoms with Crippen LogP contribution in [0.2, 0.25) is 0 Å². The number of nitrogens with zero attached hydrogens (tertiary/aromatic N) is 3. The van der Waals surface area contributed by atoms with Gasteiger partial charge in [0.1, 0.15) is 0 Å². The normalized spacial score (nSPS) is 21.3. The molecule has 2 aliphatic heterocycles. The van der Waals surface area contributed by atoms with Crippen molar-refractivity contribution in [3.8, 4) is 0 Å². The van der Waals surface area contributed by atoms with Gasteiger partial charge in [0.25, 0.3) is 5.91 Å². The molecule has 3 rings (SSSR count). The smallest absolute Gasteiger partial charge is 0.253 e. The van der Waals surface area contributed by atoms with Crippen LogP contribution in [-0.4, -0.2) is 71.8 Å². The highest BCUT2D eigenvalue weighted by molar-refractivity contribution is 5.94. The molecule has 2 saturated heterocycles. The number of piperazine rings is 1. The van der Waals surface area contributed by atoms with Crippen LogP contribution in [0.5, 0.6) is 0 Å². The summed E-state index contributed by atoms with van der Waals surface area (Å²) in [5.41, 5.74) is 1.99. The van der Waals surface area contributed by atoms with E-state index in [9.17, 15) is 9.59 Å². The van der Waals surface area contributed by atoms with Crippen LogP contribution >= 0.6 is 0 Å². The number of hydrogen-bond donors (Lipinski definition) is 0. The number of aryl methyl sites for hydroxylation is 1. The highest BCUT2D eigenvalue weighted by Crippen LogP contribution is 2.20. The quantitative estimate of drug-likeness (QED) is 0.799. The number of hydrogen-bond acceptors (Lipinski definition) is 3. The zero-order chi connectivity index (χ0) is 19.2. The van der Waals surface area contributed by atoms with Crippen molar-refractivity contribution in [2.45, 2.75) is 52.0 Å². The standard InChI is InChI=1S/C22H33N3O2/c1-3-12-23-13-6-5-7-20(23)22(27)25-16-14-24(15-17-25)21(26)19-10-8-18(4-2)9-11-19/h8-11,20H,3-7,12-17H2,1-2H3. The van der Waals surface area contributed by atoms with E-state index in [-0.39, 0.29) is 17.9 Å². The first-order valence-electron chi connectivity index (χ1n) is 10.5. The van der Waals surface area contributed by atoms with Gasteiger partial charge in [0, 0.05) is 31.7 Å².